The van der Waals surface area contributed by atoms with E-state index in [1.807, 2.05) is 29.0 Å². The molecule has 0 aliphatic rings. The molecular formula is C18H17N5S. The molecule has 0 aliphatic carbocycles. The summed E-state index contributed by atoms with van der Waals surface area (Å²) in [5.74, 6) is 0. The lowest BCUT2D eigenvalue weighted by Crippen LogP contribution is -2.16. The van der Waals surface area contributed by atoms with Crippen molar-refractivity contribution in [3.8, 4) is 11.3 Å². The number of rotatable bonds is 4. The third-order valence-electron chi connectivity index (χ3n) is 3.86. The average Bonchev–Trinajstić information content (AvgIpc) is 3.17. The molecule has 1 aromatic carbocycles. The lowest BCUT2D eigenvalue weighted by molar-refractivity contribution is 0.870. The highest BCUT2D eigenvalue weighted by atomic mass is 32.1. The minimum Gasteiger partial charge on any atom is -0.345 e. The van der Waals surface area contributed by atoms with Crippen LogP contribution in [0, 0.1) is 6.92 Å². The van der Waals surface area contributed by atoms with Crippen molar-refractivity contribution in [3.63, 3.8) is 0 Å². The van der Waals surface area contributed by atoms with Gasteiger partial charge in [-0.25, -0.2) is 9.50 Å². The number of anilines is 1. The smallest absolute Gasteiger partial charge is 0.214 e. The first-order valence-electron chi connectivity index (χ1n) is 7.72. The fourth-order valence-corrected chi connectivity index (χ4v) is 3.38. The molecule has 0 N–H and O–H groups in total. The fourth-order valence-electron chi connectivity index (χ4n) is 2.53. The summed E-state index contributed by atoms with van der Waals surface area (Å²) >= 11 is 1.59. The Labute approximate surface area is 144 Å². The van der Waals surface area contributed by atoms with Crippen molar-refractivity contribution in [1.29, 1.82) is 0 Å². The molecule has 0 atom stereocenters. The van der Waals surface area contributed by atoms with Crippen LogP contribution in [0.3, 0.4) is 0 Å². The Balaban J connectivity index is 1.57. The molecule has 5 nitrogen and oxygen atoms in total. The van der Waals surface area contributed by atoms with E-state index in [0.29, 0.717) is 0 Å². The number of benzene rings is 1. The predicted octanol–water partition coefficient (Wildman–Crippen LogP) is 3.80. The SMILES string of the molecule is Cc1ccc(CN(C)c2nn3cc(-c4cccnc4)nc3s2)cc1. The van der Waals surface area contributed by atoms with E-state index in [4.69, 9.17) is 0 Å². The van der Waals surface area contributed by atoms with Gasteiger partial charge in [0.25, 0.3) is 0 Å². The molecule has 120 valence electrons. The van der Waals surface area contributed by atoms with E-state index in [-0.39, 0.29) is 0 Å². The van der Waals surface area contributed by atoms with Gasteiger partial charge < -0.3 is 4.90 Å². The van der Waals surface area contributed by atoms with Gasteiger partial charge in [-0.1, -0.05) is 41.2 Å². The average molecular weight is 335 g/mol. The Kier molecular flexibility index (Phi) is 3.74. The highest BCUT2D eigenvalue weighted by molar-refractivity contribution is 7.20. The number of fused-ring (bicyclic) bond motifs is 1. The van der Waals surface area contributed by atoms with Crippen LogP contribution in [0.1, 0.15) is 11.1 Å². The Bertz CT molecular complexity index is 925. The zero-order valence-electron chi connectivity index (χ0n) is 13.5. The van der Waals surface area contributed by atoms with E-state index < -0.39 is 0 Å². The lowest BCUT2D eigenvalue weighted by atomic mass is 10.1. The van der Waals surface area contributed by atoms with Gasteiger partial charge in [0.15, 0.2) is 0 Å². The molecule has 0 fully saturated rings. The maximum Gasteiger partial charge on any atom is 0.214 e. The van der Waals surface area contributed by atoms with Crippen LogP contribution in [-0.4, -0.2) is 26.6 Å². The number of hydrogen-bond donors (Lipinski definition) is 0. The number of pyridine rings is 1. The van der Waals surface area contributed by atoms with E-state index in [2.05, 4.69) is 58.2 Å². The van der Waals surface area contributed by atoms with E-state index in [9.17, 15) is 0 Å². The maximum absolute atomic E-state index is 4.66. The van der Waals surface area contributed by atoms with Crippen LogP contribution in [0.5, 0.6) is 0 Å². The number of hydrogen-bond acceptors (Lipinski definition) is 5. The van der Waals surface area contributed by atoms with Crippen molar-refractivity contribution >= 4 is 21.4 Å². The molecule has 0 amide bonds. The molecule has 6 heteroatoms. The lowest BCUT2D eigenvalue weighted by Gasteiger charge is -2.15. The Morgan fingerprint density at radius 3 is 2.71 bits per heavy atom. The summed E-state index contributed by atoms with van der Waals surface area (Å²) < 4.78 is 1.84. The quantitative estimate of drug-likeness (QED) is 0.569. The second kappa shape index (κ2) is 6.05. The second-order valence-corrected chi connectivity index (χ2v) is 6.76. The molecule has 0 saturated heterocycles. The van der Waals surface area contributed by atoms with Gasteiger partial charge in [0.1, 0.15) is 0 Å². The summed E-state index contributed by atoms with van der Waals surface area (Å²) in [6, 6.07) is 12.5. The predicted molar refractivity (Wildman–Crippen MR) is 97.4 cm³/mol. The summed E-state index contributed by atoms with van der Waals surface area (Å²) in [5.41, 5.74) is 4.45. The van der Waals surface area contributed by atoms with Gasteiger partial charge in [0.05, 0.1) is 11.9 Å². The molecular weight excluding hydrogens is 318 g/mol. The zero-order chi connectivity index (χ0) is 16.5. The van der Waals surface area contributed by atoms with Crippen molar-refractivity contribution in [3.05, 3.63) is 66.1 Å². The van der Waals surface area contributed by atoms with Crippen LogP contribution in [0.4, 0.5) is 5.13 Å². The maximum atomic E-state index is 4.66. The Morgan fingerprint density at radius 1 is 1.17 bits per heavy atom. The van der Waals surface area contributed by atoms with Gasteiger partial charge in [0, 0.05) is 31.5 Å². The van der Waals surface area contributed by atoms with Gasteiger partial charge in [-0.05, 0) is 24.6 Å². The van der Waals surface area contributed by atoms with Crippen LogP contribution in [0.2, 0.25) is 0 Å². The summed E-state index contributed by atoms with van der Waals surface area (Å²) in [7, 11) is 2.06. The summed E-state index contributed by atoms with van der Waals surface area (Å²) in [6.07, 6.45) is 5.53. The number of nitrogens with zero attached hydrogens (tertiary/aromatic N) is 5. The summed E-state index contributed by atoms with van der Waals surface area (Å²) in [5, 5.41) is 5.61. The van der Waals surface area contributed by atoms with Crippen molar-refractivity contribution in [2.24, 2.45) is 0 Å². The van der Waals surface area contributed by atoms with Crippen LogP contribution >= 0.6 is 11.3 Å². The van der Waals surface area contributed by atoms with Crippen LogP contribution in [0.25, 0.3) is 16.2 Å². The number of aromatic nitrogens is 4. The molecule has 4 aromatic rings. The molecule has 4 rings (SSSR count). The highest BCUT2D eigenvalue weighted by Crippen LogP contribution is 2.26. The van der Waals surface area contributed by atoms with Crippen molar-refractivity contribution in [1.82, 2.24) is 19.6 Å². The van der Waals surface area contributed by atoms with E-state index >= 15 is 0 Å². The summed E-state index contributed by atoms with van der Waals surface area (Å²) in [6.45, 7) is 2.93. The van der Waals surface area contributed by atoms with E-state index in [1.165, 1.54) is 11.1 Å². The minimum atomic E-state index is 0.826. The first-order valence-corrected chi connectivity index (χ1v) is 8.54. The molecule has 0 saturated carbocycles. The Hall–Kier alpha value is -2.73. The standard InChI is InChI=1S/C18H17N5S/c1-13-5-7-14(8-6-13)11-22(2)18-21-23-12-16(20-17(23)24-18)15-4-3-9-19-10-15/h3-10,12H,11H2,1-2H3. The molecule has 0 radical (unpaired) electrons. The van der Waals surface area contributed by atoms with Crippen molar-refractivity contribution < 1.29 is 0 Å². The molecule has 0 unspecified atom stereocenters. The molecule has 0 aliphatic heterocycles. The van der Waals surface area contributed by atoms with Crippen LogP contribution in [-0.2, 0) is 6.54 Å². The highest BCUT2D eigenvalue weighted by Gasteiger charge is 2.12. The second-order valence-electron chi connectivity index (χ2n) is 5.82. The molecule has 0 bridgehead atoms. The van der Waals surface area contributed by atoms with Gasteiger partial charge in [-0.15, -0.1) is 5.10 Å². The largest absolute Gasteiger partial charge is 0.345 e. The normalized spacial score (nSPS) is 11.1. The third kappa shape index (κ3) is 2.88. The Morgan fingerprint density at radius 2 is 2.00 bits per heavy atom. The number of aryl methyl sites for hydroxylation is 1. The van der Waals surface area contributed by atoms with Gasteiger partial charge >= 0.3 is 0 Å². The van der Waals surface area contributed by atoms with Gasteiger partial charge in [-0.3, -0.25) is 4.98 Å². The van der Waals surface area contributed by atoms with Gasteiger partial charge in [0.2, 0.25) is 10.1 Å². The molecule has 24 heavy (non-hydrogen) atoms. The molecule has 3 heterocycles. The van der Waals surface area contributed by atoms with Gasteiger partial charge in [-0.2, -0.15) is 0 Å². The topological polar surface area (TPSA) is 46.3 Å². The number of imidazole rings is 1. The van der Waals surface area contributed by atoms with E-state index in [1.54, 1.807) is 17.5 Å². The zero-order valence-corrected chi connectivity index (χ0v) is 14.4. The summed E-state index contributed by atoms with van der Waals surface area (Å²) in [4.78, 5) is 11.8. The fraction of sp³-hybridized carbons (Fsp3) is 0.167. The monoisotopic (exact) mass is 335 g/mol. The van der Waals surface area contributed by atoms with Crippen molar-refractivity contribution in [2.75, 3.05) is 11.9 Å². The van der Waals surface area contributed by atoms with Crippen molar-refractivity contribution in [2.45, 2.75) is 13.5 Å². The van der Waals surface area contributed by atoms with Crippen LogP contribution in [0.15, 0.2) is 55.0 Å². The van der Waals surface area contributed by atoms with Crippen LogP contribution < -0.4 is 4.90 Å². The molecule has 0 spiro atoms. The van der Waals surface area contributed by atoms with E-state index in [0.717, 1.165) is 27.9 Å². The minimum absolute atomic E-state index is 0.826. The first-order chi connectivity index (χ1) is 11.7. The molecule has 3 aromatic heterocycles. The third-order valence-corrected chi connectivity index (χ3v) is 4.89. The first kappa shape index (κ1) is 14.8.